The maximum absolute atomic E-state index is 3.63. The second-order valence-corrected chi connectivity index (χ2v) is 6.09. The van der Waals surface area contributed by atoms with Gasteiger partial charge in [-0.15, -0.1) is 0 Å². The van der Waals surface area contributed by atoms with Crippen molar-refractivity contribution in [2.45, 2.75) is 25.8 Å². The molecule has 1 aliphatic heterocycles. The van der Waals surface area contributed by atoms with Crippen LogP contribution in [0.2, 0.25) is 0 Å². The number of rotatable bonds is 2. The number of thioether (sulfide) groups is 1. The number of nitrogens with one attached hydrogen (secondary N) is 1. The summed E-state index contributed by atoms with van der Waals surface area (Å²) in [5.74, 6) is 2.59. The third kappa shape index (κ3) is 3.15. The molecular weight excluding hydrogens is 270 g/mol. The summed E-state index contributed by atoms with van der Waals surface area (Å²) in [6.45, 7) is 2.13. The number of benzene rings is 1. The second kappa shape index (κ2) is 5.26. The van der Waals surface area contributed by atoms with Crippen LogP contribution < -0.4 is 5.32 Å². The summed E-state index contributed by atoms with van der Waals surface area (Å²) in [6, 6.07) is 7.12. The van der Waals surface area contributed by atoms with Gasteiger partial charge in [-0.05, 0) is 64.9 Å². The van der Waals surface area contributed by atoms with Gasteiger partial charge >= 0.3 is 0 Å². The van der Waals surface area contributed by atoms with E-state index < -0.39 is 0 Å². The van der Waals surface area contributed by atoms with E-state index in [4.69, 9.17) is 0 Å². The molecule has 1 saturated heterocycles. The minimum atomic E-state index is 0.657. The van der Waals surface area contributed by atoms with Gasteiger partial charge in [0.1, 0.15) is 0 Å². The largest absolute Gasteiger partial charge is 0.381 e. The minimum absolute atomic E-state index is 0.657. The molecule has 15 heavy (non-hydrogen) atoms. The van der Waals surface area contributed by atoms with Crippen LogP contribution in [0.15, 0.2) is 22.7 Å². The first-order chi connectivity index (χ1) is 7.25. The van der Waals surface area contributed by atoms with Gasteiger partial charge in [-0.2, -0.15) is 11.8 Å². The Morgan fingerprint density at radius 1 is 1.33 bits per heavy atom. The van der Waals surface area contributed by atoms with Crippen molar-refractivity contribution >= 4 is 33.4 Å². The second-order valence-electron chi connectivity index (χ2n) is 4.01. The summed E-state index contributed by atoms with van der Waals surface area (Å²) in [7, 11) is 0. The highest BCUT2D eigenvalue weighted by molar-refractivity contribution is 9.10. The van der Waals surface area contributed by atoms with Crippen molar-refractivity contribution in [3.05, 3.63) is 28.2 Å². The molecule has 0 bridgehead atoms. The van der Waals surface area contributed by atoms with E-state index in [1.165, 1.54) is 40.1 Å². The van der Waals surface area contributed by atoms with Gasteiger partial charge in [0, 0.05) is 16.2 Å². The van der Waals surface area contributed by atoms with Crippen LogP contribution in [0.5, 0.6) is 0 Å². The predicted molar refractivity (Wildman–Crippen MR) is 72.8 cm³/mol. The lowest BCUT2D eigenvalue weighted by atomic mass is 10.1. The van der Waals surface area contributed by atoms with Crippen molar-refractivity contribution in [2.75, 3.05) is 16.8 Å². The van der Waals surface area contributed by atoms with Crippen LogP contribution in [0.3, 0.4) is 0 Å². The zero-order valence-corrected chi connectivity index (χ0v) is 11.3. The van der Waals surface area contributed by atoms with Crippen LogP contribution in [-0.4, -0.2) is 17.5 Å². The normalized spacial score (nSPS) is 17.7. The molecule has 0 atom stereocenters. The van der Waals surface area contributed by atoms with Crippen LogP contribution in [-0.2, 0) is 0 Å². The van der Waals surface area contributed by atoms with E-state index >= 15 is 0 Å². The maximum atomic E-state index is 3.63. The highest BCUT2D eigenvalue weighted by Gasteiger charge is 2.14. The Hall–Kier alpha value is -0.150. The molecule has 2 rings (SSSR count). The molecule has 0 aromatic heterocycles. The highest BCUT2D eigenvalue weighted by Crippen LogP contribution is 2.27. The van der Waals surface area contributed by atoms with Crippen LogP contribution in [0.4, 0.5) is 5.69 Å². The molecule has 3 heteroatoms. The third-order valence-electron chi connectivity index (χ3n) is 2.70. The zero-order valence-electron chi connectivity index (χ0n) is 8.92. The van der Waals surface area contributed by atoms with Crippen LogP contribution in [0.1, 0.15) is 18.4 Å². The monoisotopic (exact) mass is 285 g/mol. The molecule has 82 valence electrons. The lowest BCUT2D eigenvalue weighted by Crippen LogP contribution is -2.24. The molecule has 1 N–H and O–H groups in total. The van der Waals surface area contributed by atoms with E-state index in [-0.39, 0.29) is 0 Å². The van der Waals surface area contributed by atoms with Crippen molar-refractivity contribution in [3.8, 4) is 0 Å². The number of anilines is 1. The molecule has 1 aromatic carbocycles. The first-order valence-electron chi connectivity index (χ1n) is 5.36. The fourth-order valence-electron chi connectivity index (χ4n) is 1.81. The number of halogens is 1. The average Bonchev–Trinajstić information content (AvgIpc) is 2.25. The van der Waals surface area contributed by atoms with Gasteiger partial charge in [-0.1, -0.05) is 6.07 Å². The molecule has 0 spiro atoms. The van der Waals surface area contributed by atoms with Crippen molar-refractivity contribution in [1.82, 2.24) is 0 Å². The van der Waals surface area contributed by atoms with E-state index in [0.29, 0.717) is 6.04 Å². The summed E-state index contributed by atoms with van der Waals surface area (Å²) < 4.78 is 1.17. The first kappa shape index (κ1) is 11.3. The van der Waals surface area contributed by atoms with Crippen molar-refractivity contribution in [2.24, 2.45) is 0 Å². The van der Waals surface area contributed by atoms with Crippen LogP contribution in [0.25, 0.3) is 0 Å². The van der Waals surface area contributed by atoms with Gasteiger partial charge in [0.15, 0.2) is 0 Å². The fraction of sp³-hybridized carbons (Fsp3) is 0.500. The van der Waals surface area contributed by atoms with Gasteiger partial charge in [0.2, 0.25) is 0 Å². The SMILES string of the molecule is Cc1ccc(Br)c(NC2CCSCC2)c1. The third-order valence-corrected chi connectivity index (χ3v) is 4.44. The smallest absolute Gasteiger partial charge is 0.0489 e. The van der Waals surface area contributed by atoms with Crippen LogP contribution in [0, 0.1) is 6.92 Å². The highest BCUT2D eigenvalue weighted by atomic mass is 79.9. The molecule has 1 aliphatic rings. The van der Waals surface area contributed by atoms with Gasteiger partial charge in [0.25, 0.3) is 0 Å². The molecule has 1 aromatic rings. The Kier molecular flexibility index (Phi) is 3.98. The standard InChI is InChI=1S/C12H16BrNS/c1-9-2-3-11(13)12(8-9)14-10-4-6-15-7-5-10/h2-3,8,10,14H,4-7H2,1H3. The van der Waals surface area contributed by atoms with Gasteiger partial charge in [-0.3, -0.25) is 0 Å². The molecule has 1 fully saturated rings. The Balaban J connectivity index is 2.05. The zero-order chi connectivity index (χ0) is 10.7. The Labute approximate surface area is 104 Å². The lowest BCUT2D eigenvalue weighted by Gasteiger charge is -2.24. The summed E-state index contributed by atoms with van der Waals surface area (Å²) in [5.41, 5.74) is 2.55. The Morgan fingerprint density at radius 2 is 2.07 bits per heavy atom. The summed E-state index contributed by atoms with van der Waals surface area (Å²) in [6.07, 6.45) is 2.57. The summed E-state index contributed by atoms with van der Waals surface area (Å²) in [4.78, 5) is 0. The van der Waals surface area contributed by atoms with Gasteiger partial charge in [-0.25, -0.2) is 0 Å². The van der Waals surface area contributed by atoms with Gasteiger partial charge < -0.3 is 5.32 Å². The molecular formula is C12H16BrNS. The van der Waals surface area contributed by atoms with E-state index in [0.717, 1.165) is 0 Å². The lowest BCUT2D eigenvalue weighted by molar-refractivity contribution is 0.666. The van der Waals surface area contributed by atoms with Crippen molar-refractivity contribution in [1.29, 1.82) is 0 Å². The molecule has 0 unspecified atom stereocenters. The molecule has 0 radical (unpaired) electrons. The number of aryl methyl sites for hydroxylation is 1. The van der Waals surface area contributed by atoms with E-state index in [1.54, 1.807) is 0 Å². The van der Waals surface area contributed by atoms with E-state index in [1.807, 2.05) is 0 Å². The number of hydrogen-bond acceptors (Lipinski definition) is 2. The number of hydrogen-bond donors (Lipinski definition) is 1. The summed E-state index contributed by atoms with van der Waals surface area (Å²) in [5, 5.41) is 3.63. The Morgan fingerprint density at radius 3 is 2.80 bits per heavy atom. The predicted octanol–water partition coefficient (Wildman–Crippen LogP) is 4.07. The van der Waals surface area contributed by atoms with Gasteiger partial charge in [0.05, 0.1) is 0 Å². The minimum Gasteiger partial charge on any atom is -0.381 e. The summed E-state index contributed by atoms with van der Waals surface area (Å²) >= 11 is 5.65. The van der Waals surface area contributed by atoms with E-state index in [2.05, 4.69) is 58.1 Å². The quantitative estimate of drug-likeness (QED) is 0.879. The topological polar surface area (TPSA) is 12.0 Å². The van der Waals surface area contributed by atoms with Crippen molar-refractivity contribution < 1.29 is 0 Å². The van der Waals surface area contributed by atoms with Crippen molar-refractivity contribution in [3.63, 3.8) is 0 Å². The molecule has 1 heterocycles. The van der Waals surface area contributed by atoms with Crippen LogP contribution >= 0.6 is 27.7 Å². The molecule has 0 saturated carbocycles. The molecule has 0 aliphatic carbocycles. The average molecular weight is 286 g/mol. The Bertz CT molecular complexity index is 334. The maximum Gasteiger partial charge on any atom is 0.0489 e. The first-order valence-corrected chi connectivity index (χ1v) is 7.31. The molecule has 1 nitrogen and oxygen atoms in total. The fourth-order valence-corrected chi connectivity index (χ4v) is 3.28. The molecule has 0 amide bonds. The van der Waals surface area contributed by atoms with E-state index in [9.17, 15) is 0 Å².